The van der Waals surface area contributed by atoms with Crippen LogP contribution >= 0.6 is 22.9 Å². The van der Waals surface area contributed by atoms with Gasteiger partial charge in [0.15, 0.2) is 5.76 Å². The summed E-state index contributed by atoms with van der Waals surface area (Å²) in [5.41, 5.74) is 1.16. The van der Waals surface area contributed by atoms with Crippen molar-refractivity contribution in [2.45, 2.75) is 6.54 Å². The molecule has 28 heavy (non-hydrogen) atoms. The molecule has 4 aromatic rings. The fourth-order valence-corrected chi connectivity index (χ4v) is 3.48. The second-order valence-corrected chi connectivity index (χ2v) is 7.49. The van der Waals surface area contributed by atoms with Crippen molar-refractivity contribution in [1.82, 2.24) is 20.0 Å². The van der Waals surface area contributed by atoms with E-state index in [1.165, 1.54) is 22.0 Å². The largest absolute Gasteiger partial charge is 0.359 e. The molecule has 0 saturated heterocycles. The molecule has 4 rings (SSSR count). The molecule has 140 valence electrons. The monoisotopic (exact) mass is 412 g/mol. The van der Waals surface area contributed by atoms with Crippen LogP contribution in [-0.4, -0.2) is 20.6 Å². The van der Waals surface area contributed by atoms with E-state index < -0.39 is 0 Å². The van der Waals surface area contributed by atoms with Crippen molar-refractivity contribution in [2.75, 3.05) is 0 Å². The lowest BCUT2D eigenvalue weighted by Crippen LogP contribution is -2.21. The Morgan fingerprint density at radius 1 is 1.21 bits per heavy atom. The molecule has 1 N–H and O–H groups in total. The summed E-state index contributed by atoms with van der Waals surface area (Å²) in [7, 11) is 0. The number of rotatable bonds is 5. The maximum atomic E-state index is 12.0. The van der Waals surface area contributed by atoms with Crippen molar-refractivity contribution in [3.63, 3.8) is 0 Å². The van der Waals surface area contributed by atoms with Gasteiger partial charge in [-0.1, -0.05) is 22.8 Å². The average molecular weight is 413 g/mol. The number of hydrogen-bond donors (Lipinski definition) is 1. The Hall–Kier alpha value is -3.23. The van der Waals surface area contributed by atoms with Crippen molar-refractivity contribution in [3.8, 4) is 17.1 Å². The van der Waals surface area contributed by atoms with E-state index in [4.69, 9.17) is 16.1 Å². The Morgan fingerprint density at radius 3 is 2.82 bits per heavy atom. The maximum absolute atomic E-state index is 12.0. The minimum atomic E-state index is -0.228. The number of halogens is 1. The smallest absolute Gasteiger partial charge is 0.261 e. The molecule has 0 aliphatic carbocycles. The standard InChI is InChI=1S/C19H13ClN4O3S/c20-16-6-5-15(28-16)19(26)22-11-13-9-14(23-27-13)12-4-7-17(21-10-12)24-8-2-1-3-18(24)25/h1-10H,11H2,(H,22,26). The highest BCUT2D eigenvalue weighted by molar-refractivity contribution is 7.17. The summed E-state index contributed by atoms with van der Waals surface area (Å²) in [6.45, 7) is 0.201. The number of carbonyl (C=O) groups excluding carboxylic acids is 1. The van der Waals surface area contributed by atoms with Crippen molar-refractivity contribution in [1.29, 1.82) is 0 Å². The molecule has 0 fully saturated rings. The molecule has 0 atom stereocenters. The van der Waals surface area contributed by atoms with Crippen molar-refractivity contribution in [2.24, 2.45) is 0 Å². The molecule has 0 aromatic carbocycles. The van der Waals surface area contributed by atoms with Crippen LogP contribution in [0.25, 0.3) is 17.1 Å². The van der Waals surface area contributed by atoms with E-state index in [0.29, 0.717) is 26.5 Å². The third-order valence-corrected chi connectivity index (χ3v) is 5.12. The molecule has 4 aromatic heterocycles. The molecule has 0 bridgehead atoms. The van der Waals surface area contributed by atoms with Crippen LogP contribution in [0.4, 0.5) is 0 Å². The van der Waals surface area contributed by atoms with Crippen molar-refractivity contribution in [3.05, 3.63) is 86.3 Å². The third kappa shape index (κ3) is 3.88. The van der Waals surface area contributed by atoms with Gasteiger partial charge in [-0.25, -0.2) is 4.98 Å². The van der Waals surface area contributed by atoms with Gasteiger partial charge in [-0.15, -0.1) is 11.3 Å². The number of thiophene rings is 1. The zero-order valence-electron chi connectivity index (χ0n) is 14.3. The minimum Gasteiger partial charge on any atom is -0.359 e. The lowest BCUT2D eigenvalue weighted by molar-refractivity contribution is 0.0951. The Labute approximate surface area is 168 Å². The quantitative estimate of drug-likeness (QED) is 0.541. The summed E-state index contributed by atoms with van der Waals surface area (Å²) in [5.74, 6) is 0.795. The molecule has 9 heteroatoms. The summed E-state index contributed by atoms with van der Waals surface area (Å²) in [4.78, 5) is 28.8. The molecule has 4 heterocycles. The van der Waals surface area contributed by atoms with Crippen LogP contribution in [0.2, 0.25) is 4.34 Å². The number of carbonyl (C=O) groups is 1. The Bertz CT molecular complexity index is 1180. The van der Waals surface area contributed by atoms with Crippen LogP contribution in [0.3, 0.4) is 0 Å². The molecule has 7 nitrogen and oxygen atoms in total. The second kappa shape index (κ2) is 7.79. The van der Waals surface area contributed by atoms with Gasteiger partial charge >= 0.3 is 0 Å². The predicted molar refractivity (Wildman–Crippen MR) is 106 cm³/mol. The van der Waals surface area contributed by atoms with E-state index in [-0.39, 0.29) is 18.0 Å². The van der Waals surface area contributed by atoms with Gasteiger partial charge in [0.1, 0.15) is 11.5 Å². The Kier molecular flexibility index (Phi) is 5.05. The molecular formula is C19H13ClN4O3S. The highest BCUT2D eigenvalue weighted by Gasteiger charge is 2.12. The van der Waals surface area contributed by atoms with Crippen LogP contribution in [0.5, 0.6) is 0 Å². The maximum Gasteiger partial charge on any atom is 0.261 e. The van der Waals surface area contributed by atoms with Gasteiger partial charge in [0.25, 0.3) is 11.5 Å². The number of nitrogens with zero attached hydrogens (tertiary/aromatic N) is 3. The highest BCUT2D eigenvalue weighted by atomic mass is 35.5. The lowest BCUT2D eigenvalue weighted by Gasteiger charge is -2.04. The highest BCUT2D eigenvalue weighted by Crippen LogP contribution is 2.22. The first-order chi connectivity index (χ1) is 13.6. The van der Waals surface area contributed by atoms with Gasteiger partial charge in [-0.2, -0.15) is 0 Å². The first kappa shape index (κ1) is 18.1. The van der Waals surface area contributed by atoms with Gasteiger partial charge in [-0.3, -0.25) is 14.2 Å². The van der Waals surface area contributed by atoms with Crippen molar-refractivity contribution < 1.29 is 9.32 Å². The lowest BCUT2D eigenvalue weighted by atomic mass is 10.2. The topological polar surface area (TPSA) is 90.0 Å². The second-order valence-electron chi connectivity index (χ2n) is 5.78. The van der Waals surface area contributed by atoms with Crippen molar-refractivity contribution >= 4 is 28.8 Å². The molecule has 0 saturated carbocycles. The number of pyridine rings is 2. The van der Waals surface area contributed by atoms with Crippen LogP contribution in [0, 0.1) is 0 Å². The summed E-state index contributed by atoms with van der Waals surface area (Å²) in [6, 6.07) is 13.5. The number of nitrogens with one attached hydrogen (secondary N) is 1. The fourth-order valence-electron chi connectivity index (χ4n) is 2.52. The van der Waals surface area contributed by atoms with Crippen LogP contribution in [0.15, 0.2) is 70.2 Å². The normalized spacial score (nSPS) is 10.8. The summed E-state index contributed by atoms with van der Waals surface area (Å²) in [5, 5.41) is 6.76. The van der Waals surface area contributed by atoms with E-state index in [1.807, 2.05) is 0 Å². The average Bonchev–Trinajstić information content (AvgIpc) is 3.36. The first-order valence-corrected chi connectivity index (χ1v) is 9.43. The summed E-state index contributed by atoms with van der Waals surface area (Å²) >= 11 is 7.05. The Balaban J connectivity index is 1.45. The van der Waals surface area contributed by atoms with Crippen LogP contribution < -0.4 is 10.9 Å². The molecule has 0 spiro atoms. The van der Waals surface area contributed by atoms with Crippen LogP contribution in [-0.2, 0) is 6.54 Å². The molecule has 1 amide bonds. The van der Waals surface area contributed by atoms with Gasteiger partial charge in [-0.05, 0) is 30.3 Å². The van der Waals surface area contributed by atoms with Gasteiger partial charge in [0.05, 0.1) is 15.8 Å². The number of amides is 1. The van der Waals surface area contributed by atoms with Crippen LogP contribution in [0.1, 0.15) is 15.4 Å². The molecule has 0 unspecified atom stereocenters. The van der Waals surface area contributed by atoms with Gasteiger partial charge in [0, 0.05) is 30.1 Å². The van der Waals surface area contributed by atoms with E-state index >= 15 is 0 Å². The van der Waals surface area contributed by atoms with E-state index in [2.05, 4.69) is 15.5 Å². The fraction of sp³-hybridized carbons (Fsp3) is 0.0526. The predicted octanol–water partition coefficient (Wildman–Crippen LogP) is 3.53. The van der Waals surface area contributed by atoms with E-state index in [0.717, 1.165) is 5.56 Å². The SMILES string of the molecule is O=C(NCc1cc(-c2ccc(-n3ccccc3=O)nc2)no1)c1ccc(Cl)s1. The van der Waals surface area contributed by atoms with E-state index in [9.17, 15) is 9.59 Å². The van der Waals surface area contributed by atoms with Gasteiger partial charge < -0.3 is 9.84 Å². The first-order valence-electron chi connectivity index (χ1n) is 8.24. The molecular weight excluding hydrogens is 400 g/mol. The third-order valence-electron chi connectivity index (χ3n) is 3.89. The number of aromatic nitrogens is 3. The van der Waals surface area contributed by atoms with E-state index in [1.54, 1.807) is 54.9 Å². The Morgan fingerprint density at radius 2 is 2.11 bits per heavy atom. The molecule has 0 aliphatic heterocycles. The zero-order valence-corrected chi connectivity index (χ0v) is 15.9. The minimum absolute atomic E-state index is 0.158. The summed E-state index contributed by atoms with van der Waals surface area (Å²) < 4.78 is 7.28. The zero-order chi connectivity index (χ0) is 19.5. The summed E-state index contributed by atoms with van der Waals surface area (Å²) in [6.07, 6.45) is 3.27. The number of hydrogen-bond acceptors (Lipinski definition) is 6. The molecule has 0 aliphatic rings. The molecule has 0 radical (unpaired) electrons. The van der Waals surface area contributed by atoms with Gasteiger partial charge in [0.2, 0.25) is 0 Å².